The molecule has 1 aromatic rings. The first-order chi connectivity index (χ1) is 6.86. The van der Waals surface area contributed by atoms with Crippen molar-refractivity contribution in [3.8, 4) is 5.88 Å². The van der Waals surface area contributed by atoms with E-state index in [1.807, 2.05) is 20.8 Å². The highest BCUT2D eigenvalue weighted by Gasteiger charge is 2.21. The van der Waals surface area contributed by atoms with Crippen molar-refractivity contribution in [1.29, 1.82) is 0 Å². The minimum atomic E-state index is -1.06. The summed E-state index contributed by atoms with van der Waals surface area (Å²) < 4.78 is 4.82. The van der Waals surface area contributed by atoms with Gasteiger partial charge in [0.2, 0.25) is 5.88 Å². The van der Waals surface area contributed by atoms with Gasteiger partial charge in [0.05, 0.1) is 12.8 Å². The maximum Gasteiger partial charge on any atom is 0.341 e. The monoisotopic (exact) mass is 210 g/mol. The fraction of sp³-hybridized carbons (Fsp3) is 0.500. The molecule has 0 bridgehead atoms. The maximum atomic E-state index is 10.9. The summed E-state index contributed by atoms with van der Waals surface area (Å²) in [5, 5.41) is 16.6. The molecule has 0 aliphatic carbocycles. The number of hydrogen-bond donors (Lipinski definition) is 1. The van der Waals surface area contributed by atoms with Gasteiger partial charge in [-0.05, 0) is 6.07 Å². The van der Waals surface area contributed by atoms with Gasteiger partial charge in [-0.15, -0.1) is 5.10 Å². The first-order valence-electron chi connectivity index (χ1n) is 4.51. The second kappa shape index (κ2) is 3.84. The van der Waals surface area contributed by atoms with Crippen molar-refractivity contribution in [3.63, 3.8) is 0 Å². The fourth-order valence-corrected chi connectivity index (χ4v) is 1.05. The number of rotatable bonds is 2. The number of carbonyl (C=O) groups is 1. The quantitative estimate of drug-likeness (QED) is 0.800. The highest BCUT2D eigenvalue weighted by Crippen LogP contribution is 2.23. The van der Waals surface area contributed by atoms with Crippen LogP contribution in [0.4, 0.5) is 0 Å². The summed E-state index contributed by atoms with van der Waals surface area (Å²) in [5.41, 5.74) is 0.432. The normalized spacial score (nSPS) is 11.2. The molecule has 5 heteroatoms. The zero-order valence-electron chi connectivity index (χ0n) is 9.24. The van der Waals surface area contributed by atoms with Gasteiger partial charge >= 0.3 is 5.97 Å². The molecule has 0 aliphatic heterocycles. The number of nitrogens with zero attached hydrogens (tertiary/aromatic N) is 2. The van der Waals surface area contributed by atoms with E-state index in [1.54, 1.807) is 0 Å². The average molecular weight is 210 g/mol. The molecule has 0 saturated carbocycles. The van der Waals surface area contributed by atoms with Gasteiger partial charge in [-0.25, -0.2) is 4.79 Å². The number of hydrogen-bond acceptors (Lipinski definition) is 4. The smallest absolute Gasteiger partial charge is 0.341 e. The molecule has 0 amide bonds. The van der Waals surface area contributed by atoms with Gasteiger partial charge < -0.3 is 9.84 Å². The van der Waals surface area contributed by atoms with Crippen LogP contribution in [0.1, 0.15) is 36.8 Å². The molecule has 0 spiro atoms. The predicted molar refractivity (Wildman–Crippen MR) is 54.2 cm³/mol. The number of methoxy groups -OCH3 is 1. The van der Waals surface area contributed by atoms with E-state index in [9.17, 15) is 4.79 Å². The molecule has 0 atom stereocenters. The number of carboxylic acid groups (broad SMARTS) is 1. The maximum absolute atomic E-state index is 10.9. The van der Waals surface area contributed by atoms with Crippen molar-refractivity contribution in [3.05, 3.63) is 17.3 Å². The highest BCUT2D eigenvalue weighted by molar-refractivity contribution is 5.90. The summed E-state index contributed by atoms with van der Waals surface area (Å²) in [7, 11) is 1.37. The number of aromatic nitrogens is 2. The summed E-state index contributed by atoms with van der Waals surface area (Å²) >= 11 is 0. The minimum absolute atomic E-state index is 0.0375. The fourth-order valence-electron chi connectivity index (χ4n) is 1.05. The Morgan fingerprint density at radius 3 is 2.40 bits per heavy atom. The molecule has 82 valence electrons. The standard InChI is InChI=1S/C10H14N2O3/c1-10(2,3)7-5-6(9(13)14)8(15-4)12-11-7/h5H,1-4H3,(H,13,14). The van der Waals surface area contributed by atoms with E-state index in [2.05, 4.69) is 10.2 Å². The van der Waals surface area contributed by atoms with Crippen molar-refractivity contribution in [1.82, 2.24) is 10.2 Å². The molecule has 0 radical (unpaired) electrons. The van der Waals surface area contributed by atoms with E-state index >= 15 is 0 Å². The van der Waals surface area contributed by atoms with Gasteiger partial charge in [-0.2, -0.15) is 5.10 Å². The Hall–Kier alpha value is -1.65. The molecule has 0 aromatic carbocycles. The van der Waals surface area contributed by atoms with Gasteiger partial charge in [-0.3, -0.25) is 0 Å². The minimum Gasteiger partial charge on any atom is -0.479 e. The lowest BCUT2D eigenvalue weighted by atomic mass is 9.91. The Morgan fingerprint density at radius 1 is 1.40 bits per heavy atom. The lowest BCUT2D eigenvalue weighted by molar-refractivity contribution is 0.0691. The molecular weight excluding hydrogens is 196 g/mol. The zero-order chi connectivity index (χ0) is 11.6. The molecule has 0 aliphatic rings. The van der Waals surface area contributed by atoms with Crippen LogP contribution in [0.5, 0.6) is 5.88 Å². The molecule has 1 aromatic heterocycles. The topological polar surface area (TPSA) is 72.3 Å². The van der Waals surface area contributed by atoms with E-state index in [4.69, 9.17) is 9.84 Å². The van der Waals surface area contributed by atoms with Crippen LogP contribution in [0.2, 0.25) is 0 Å². The van der Waals surface area contributed by atoms with Crippen molar-refractivity contribution in [2.45, 2.75) is 26.2 Å². The lowest BCUT2D eigenvalue weighted by Gasteiger charge is -2.17. The van der Waals surface area contributed by atoms with Gasteiger partial charge in [0.1, 0.15) is 5.56 Å². The Morgan fingerprint density at radius 2 is 2.00 bits per heavy atom. The van der Waals surface area contributed by atoms with Gasteiger partial charge in [-0.1, -0.05) is 20.8 Å². The van der Waals surface area contributed by atoms with E-state index < -0.39 is 5.97 Å². The Labute approximate surface area is 88.1 Å². The van der Waals surface area contributed by atoms with Crippen LogP contribution in [0, 0.1) is 0 Å². The van der Waals surface area contributed by atoms with Crippen LogP contribution < -0.4 is 4.74 Å². The van der Waals surface area contributed by atoms with E-state index in [0.717, 1.165) is 0 Å². The van der Waals surface area contributed by atoms with E-state index in [-0.39, 0.29) is 16.9 Å². The largest absolute Gasteiger partial charge is 0.479 e. The summed E-state index contributed by atoms with van der Waals surface area (Å²) in [4.78, 5) is 10.9. The molecule has 15 heavy (non-hydrogen) atoms. The lowest BCUT2D eigenvalue weighted by Crippen LogP contribution is -2.16. The predicted octanol–water partition coefficient (Wildman–Crippen LogP) is 1.48. The van der Waals surface area contributed by atoms with E-state index in [1.165, 1.54) is 13.2 Å². The molecule has 1 rings (SSSR count). The third-order valence-corrected chi connectivity index (χ3v) is 1.95. The van der Waals surface area contributed by atoms with Crippen LogP contribution in [0.15, 0.2) is 6.07 Å². The SMILES string of the molecule is COc1nnc(C(C)(C)C)cc1C(=O)O. The molecule has 0 unspecified atom stereocenters. The molecule has 1 N–H and O–H groups in total. The van der Waals surface area contributed by atoms with E-state index in [0.29, 0.717) is 5.69 Å². The van der Waals surface area contributed by atoms with Gasteiger partial charge in [0, 0.05) is 5.41 Å². The third-order valence-electron chi connectivity index (χ3n) is 1.95. The van der Waals surface area contributed by atoms with Crippen LogP contribution in [-0.4, -0.2) is 28.4 Å². The molecule has 0 saturated heterocycles. The van der Waals surface area contributed by atoms with Crippen molar-refractivity contribution in [2.24, 2.45) is 0 Å². The Bertz CT molecular complexity index is 383. The molecule has 5 nitrogen and oxygen atoms in total. The Kier molecular flexibility index (Phi) is 2.93. The summed E-state index contributed by atoms with van der Waals surface area (Å²) in [6.45, 7) is 5.82. The van der Waals surface area contributed by atoms with Crippen LogP contribution in [0.25, 0.3) is 0 Å². The number of aromatic carboxylic acids is 1. The third kappa shape index (κ3) is 2.43. The second-order valence-corrected chi connectivity index (χ2v) is 4.21. The highest BCUT2D eigenvalue weighted by atomic mass is 16.5. The number of ether oxygens (including phenoxy) is 1. The Balaban J connectivity index is 3.28. The summed E-state index contributed by atoms with van der Waals surface area (Å²) in [6.07, 6.45) is 0. The molecule has 1 heterocycles. The molecule has 0 fully saturated rings. The first kappa shape index (κ1) is 11.4. The number of carboxylic acids is 1. The van der Waals surface area contributed by atoms with Crippen molar-refractivity contribution in [2.75, 3.05) is 7.11 Å². The van der Waals surface area contributed by atoms with Crippen LogP contribution in [0.3, 0.4) is 0 Å². The first-order valence-corrected chi connectivity index (χ1v) is 4.51. The van der Waals surface area contributed by atoms with Crippen LogP contribution in [-0.2, 0) is 5.41 Å². The van der Waals surface area contributed by atoms with Crippen molar-refractivity contribution < 1.29 is 14.6 Å². The average Bonchev–Trinajstić information content (AvgIpc) is 2.15. The summed E-state index contributed by atoms with van der Waals surface area (Å²) in [6, 6.07) is 1.49. The second-order valence-electron chi connectivity index (χ2n) is 4.21. The molecular formula is C10H14N2O3. The van der Waals surface area contributed by atoms with Gasteiger partial charge in [0.15, 0.2) is 0 Å². The van der Waals surface area contributed by atoms with Crippen LogP contribution >= 0.6 is 0 Å². The zero-order valence-corrected chi connectivity index (χ0v) is 9.24. The summed E-state index contributed by atoms with van der Waals surface area (Å²) in [5.74, 6) is -1.03. The van der Waals surface area contributed by atoms with Gasteiger partial charge in [0.25, 0.3) is 0 Å². The van der Waals surface area contributed by atoms with Crippen molar-refractivity contribution >= 4 is 5.97 Å².